The van der Waals surface area contributed by atoms with E-state index in [1.54, 1.807) is 12.4 Å². The zero-order valence-corrected chi connectivity index (χ0v) is 9.62. The van der Waals surface area contributed by atoms with Gasteiger partial charge in [-0.3, -0.25) is 4.98 Å². The standard InChI is InChI=1S/C15H15NO/c17-12-4-7-15(13-5-2-1-3-6-13)14-8-10-16-11-9-14/h1-3,5-6,8-12,15H,4,7H2. The Labute approximate surface area is 101 Å². The summed E-state index contributed by atoms with van der Waals surface area (Å²) in [6.07, 6.45) is 6.01. The molecule has 0 spiro atoms. The molecule has 0 aliphatic carbocycles. The maximum Gasteiger partial charge on any atom is 0.120 e. The van der Waals surface area contributed by atoms with Gasteiger partial charge in [0.25, 0.3) is 0 Å². The fraction of sp³-hybridized carbons (Fsp3) is 0.200. The van der Waals surface area contributed by atoms with Gasteiger partial charge >= 0.3 is 0 Å². The number of hydrogen-bond acceptors (Lipinski definition) is 2. The number of nitrogens with zero attached hydrogens (tertiary/aromatic N) is 1. The van der Waals surface area contributed by atoms with Crippen LogP contribution in [0.5, 0.6) is 0 Å². The van der Waals surface area contributed by atoms with E-state index in [2.05, 4.69) is 17.1 Å². The lowest BCUT2D eigenvalue weighted by Crippen LogP contribution is -2.01. The van der Waals surface area contributed by atoms with Crippen LogP contribution < -0.4 is 0 Å². The van der Waals surface area contributed by atoms with Crippen molar-refractivity contribution in [2.45, 2.75) is 18.8 Å². The van der Waals surface area contributed by atoms with Crippen LogP contribution in [0.25, 0.3) is 0 Å². The highest BCUT2D eigenvalue weighted by molar-refractivity contribution is 5.50. The van der Waals surface area contributed by atoms with Crippen LogP contribution in [0, 0.1) is 0 Å². The molecule has 1 aromatic carbocycles. The highest BCUT2D eigenvalue weighted by Crippen LogP contribution is 2.28. The van der Waals surface area contributed by atoms with Crippen molar-refractivity contribution in [3.05, 3.63) is 66.0 Å². The molecule has 1 heterocycles. The van der Waals surface area contributed by atoms with Crippen molar-refractivity contribution in [3.63, 3.8) is 0 Å². The monoisotopic (exact) mass is 225 g/mol. The van der Waals surface area contributed by atoms with E-state index in [-0.39, 0.29) is 5.92 Å². The van der Waals surface area contributed by atoms with Gasteiger partial charge < -0.3 is 4.79 Å². The molecular formula is C15H15NO. The minimum Gasteiger partial charge on any atom is -0.303 e. The van der Waals surface area contributed by atoms with E-state index in [0.717, 1.165) is 12.7 Å². The van der Waals surface area contributed by atoms with Crippen LogP contribution in [0.2, 0.25) is 0 Å². The number of carbonyl (C=O) groups is 1. The Bertz CT molecular complexity index is 413. The summed E-state index contributed by atoms with van der Waals surface area (Å²) >= 11 is 0. The smallest absolute Gasteiger partial charge is 0.120 e. The predicted octanol–water partition coefficient (Wildman–Crippen LogP) is 3.19. The molecule has 1 atom stereocenters. The van der Waals surface area contributed by atoms with Crippen molar-refractivity contribution in [2.75, 3.05) is 0 Å². The largest absolute Gasteiger partial charge is 0.303 e. The zero-order chi connectivity index (χ0) is 11.9. The molecule has 17 heavy (non-hydrogen) atoms. The maximum absolute atomic E-state index is 10.6. The van der Waals surface area contributed by atoms with Crippen molar-refractivity contribution < 1.29 is 4.79 Å². The lowest BCUT2D eigenvalue weighted by atomic mass is 9.88. The molecule has 0 aliphatic rings. The number of aromatic nitrogens is 1. The number of benzene rings is 1. The SMILES string of the molecule is O=CCCC(c1ccccc1)c1ccncc1. The summed E-state index contributed by atoms with van der Waals surface area (Å²) in [5.74, 6) is 0.282. The van der Waals surface area contributed by atoms with Gasteiger partial charge in [0.1, 0.15) is 6.29 Å². The molecule has 2 aromatic rings. The molecule has 2 rings (SSSR count). The first-order valence-corrected chi connectivity index (χ1v) is 5.80. The highest BCUT2D eigenvalue weighted by Gasteiger charge is 2.12. The summed E-state index contributed by atoms with van der Waals surface area (Å²) in [5, 5.41) is 0. The van der Waals surface area contributed by atoms with Gasteiger partial charge in [-0.2, -0.15) is 0 Å². The molecule has 0 bridgehead atoms. The fourth-order valence-corrected chi connectivity index (χ4v) is 2.04. The Morgan fingerprint density at radius 2 is 1.65 bits per heavy atom. The summed E-state index contributed by atoms with van der Waals surface area (Å²) < 4.78 is 0. The van der Waals surface area contributed by atoms with Crippen LogP contribution in [0.15, 0.2) is 54.9 Å². The van der Waals surface area contributed by atoms with Crippen molar-refractivity contribution in [3.8, 4) is 0 Å². The molecular weight excluding hydrogens is 210 g/mol. The Hall–Kier alpha value is -1.96. The van der Waals surface area contributed by atoms with Crippen LogP contribution in [-0.4, -0.2) is 11.3 Å². The Morgan fingerprint density at radius 3 is 2.29 bits per heavy atom. The number of aldehydes is 1. The maximum atomic E-state index is 10.6. The molecule has 2 heteroatoms. The molecule has 1 unspecified atom stereocenters. The molecule has 86 valence electrons. The van der Waals surface area contributed by atoms with Crippen LogP contribution in [0.1, 0.15) is 29.9 Å². The van der Waals surface area contributed by atoms with E-state index in [1.165, 1.54) is 11.1 Å². The summed E-state index contributed by atoms with van der Waals surface area (Å²) in [5.41, 5.74) is 2.47. The lowest BCUT2D eigenvalue weighted by molar-refractivity contribution is -0.107. The van der Waals surface area contributed by atoms with Gasteiger partial charge in [-0.15, -0.1) is 0 Å². The van der Waals surface area contributed by atoms with Crippen LogP contribution in [0.4, 0.5) is 0 Å². The third-order valence-corrected chi connectivity index (χ3v) is 2.88. The second-order valence-corrected chi connectivity index (χ2v) is 3.99. The predicted molar refractivity (Wildman–Crippen MR) is 67.8 cm³/mol. The first-order chi connectivity index (χ1) is 8.42. The fourth-order valence-electron chi connectivity index (χ4n) is 2.04. The first-order valence-electron chi connectivity index (χ1n) is 5.80. The minimum absolute atomic E-state index is 0.282. The van der Waals surface area contributed by atoms with E-state index in [4.69, 9.17) is 0 Å². The van der Waals surface area contributed by atoms with Gasteiger partial charge in [0.05, 0.1) is 0 Å². The van der Waals surface area contributed by atoms with Gasteiger partial charge in [-0.05, 0) is 29.7 Å². The number of rotatable bonds is 5. The molecule has 0 aliphatic heterocycles. The zero-order valence-electron chi connectivity index (χ0n) is 9.62. The van der Waals surface area contributed by atoms with E-state index >= 15 is 0 Å². The van der Waals surface area contributed by atoms with Crippen molar-refractivity contribution >= 4 is 6.29 Å². The third kappa shape index (κ3) is 3.00. The number of pyridine rings is 1. The van der Waals surface area contributed by atoms with Crippen molar-refractivity contribution in [1.29, 1.82) is 0 Å². The van der Waals surface area contributed by atoms with E-state index in [0.29, 0.717) is 6.42 Å². The minimum atomic E-state index is 0.282. The second-order valence-electron chi connectivity index (χ2n) is 3.99. The first kappa shape index (κ1) is 11.5. The second kappa shape index (κ2) is 5.94. The van der Waals surface area contributed by atoms with Gasteiger partial charge in [0, 0.05) is 24.7 Å². The summed E-state index contributed by atoms with van der Waals surface area (Å²) in [4.78, 5) is 14.6. The molecule has 0 fully saturated rings. The van der Waals surface area contributed by atoms with E-state index < -0.39 is 0 Å². The van der Waals surface area contributed by atoms with Gasteiger partial charge in [0.2, 0.25) is 0 Å². The molecule has 1 aromatic heterocycles. The molecule has 2 nitrogen and oxygen atoms in total. The quantitative estimate of drug-likeness (QED) is 0.731. The van der Waals surface area contributed by atoms with Gasteiger partial charge in [-0.1, -0.05) is 30.3 Å². The topological polar surface area (TPSA) is 30.0 Å². The summed E-state index contributed by atoms with van der Waals surface area (Å²) in [6, 6.07) is 14.3. The number of hydrogen-bond donors (Lipinski definition) is 0. The molecule has 0 radical (unpaired) electrons. The summed E-state index contributed by atoms with van der Waals surface area (Å²) in [6.45, 7) is 0. The third-order valence-electron chi connectivity index (χ3n) is 2.88. The molecule has 0 amide bonds. The van der Waals surface area contributed by atoms with Crippen molar-refractivity contribution in [2.24, 2.45) is 0 Å². The average Bonchev–Trinajstić information content (AvgIpc) is 2.42. The van der Waals surface area contributed by atoms with Gasteiger partial charge in [-0.25, -0.2) is 0 Å². The van der Waals surface area contributed by atoms with Crippen LogP contribution >= 0.6 is 0 Å². The van der Waals surface area contributed by atoms with Crippen molar-refractivity contribution in [1.82, 2.24) is 4.98 Å². The molecule has 0 saturated heterocycles. The van der Waals surface area contributed by atoms with Gasteiger partial charge in [0.15, 0.2) is 0 Å². The molecule has 0 saturated carbocycles. The Kier molecular flexibility index (Phi) is 4.03. The van der Waals surface area contributed by atoms with Crippen LogP contribution in [-0.2, 0) is 4.79 Å². The number of carbonyl (C=O) groups excluding carboxylic acids is 1. The van der Waals surface area contributed by atoms with Crippen LogP contribution in [0.3, 0.4) is 0 Å². The molecule has 0 N–H and O–H groups in total. The van der Waals surface area contributed by atoms with E-state index in [1.807, 2.05) is 30.3 Å². The summed E-state index contributed by atoms with van der Waals surface area (Å²) in [7, 11) is 0. The lowest BCUT2D eigenvalue weighted by Gasteiger charge is -2.16. The highest BCUT2D eigenvalue weighted by atomic mass is 16.1. The normalized spacial score (nSPS) is 12.0. The Morgan fingerprint density at radius 1 is 1.00 bits per heavy atom. The average molecular weight is 225 g/mol. The van der Waals surface area contributed by atoms with E-state index in [9.17, 15) is 4.79 Å². The Balaban J connectivity index is 2.29.